The predicted molar refractivity (Wildman–Crippen MR) is 72.2 cm³/mol. The SMILES string of the molecule is CCC(C)N(CC(=O)N1CCCCCC1)C(C)=O. The molecule has 0 bridgehead atoms. The van der Waals surface area contributed by atoms with Crippen LogP contribution in [0.25, 0.3) is 0 Å². The maximum atomic E-state index is 12.2. The number of nitrogens with zero attached hydrogens (tertiary/aromatic N) is 2. The Labute approximate surface area is 110 Å². The number of rotatable bonds is 4. The van der Waals surface area contributed by atoms with Gasteiger partial charge in [-0.05, 0) is 26.2 Å². The highest BCUT2D eigenvalue weighted by atomic mass is 16.2. The van der Waals surface area contributed by atoms with E-state index in [9.17, 15) is 9.59 Å². The maximum Gasteiger partial charge on any atom is 0.242 e. The van der Waals surface area contributed by atoms with Gasteiger partial charge >= 0.3 is 0 Å². The van der Waals surface area contributed by atoms with E-state index in [0.717, 1.165) is 32.4 Å². The van der Waals surface area contributed by atoms with E-state index in [1.165, 1.54) is 12.8 Å². The summed E-state index contributed by atoms with van der Waals surface area (Å²) in [5.41, 5.74) is 0. The normalized spacial score (nSPS) is 18.1. The number of carbonyl (C=O) groups excluding carboxylic acids is 2. The second-order valence-electron chi connectivity index (χ2n) is 5.20. The molecule has 1 saturated heterocycles. The molecule has 0 spiro atoms. The van der Waals surface area contributed by atoms with Gasteiger partial charge in [-0.15, -0.1) is 0 Å². The lowest BCUT2D eigenvalue weighted by Crippen LogP contribution is -2.46. The Kier molecular flexibility index (Phi) is 6.16. The summed E-state index contributed by atoms with van der Waals surface area (Å²) < 4.78 is 0. The Bertz CT molecular complexity index is 284. The zero-order valence-electron chi connectivity index (χ0n) is 11.9. The first-order valence-corrected chi connectivity index (χ1v) is 7.11. The van der Waals surface area contributed by atoms with Gasteiger partial charge in [-0.3, -0.25) is 9.59 Å². The van der Waals surface area contributed by atoms with Gasteiger partial charge in [0, 0.05) is 26.1 Å². The van der Waals surface area contributed by atoms with Crippen molar-refractivity contribution in [3.8, 4) is 0 Å². The van der Waals surface area contributed by atoms with Crippen LogP contribution in [-0.4, -0.2) is 47.3 Å². The van der Waals surface area contributed by atoms with E-state index in [4.69, 9.17) is 0 Å². The monoisotopic (exact) mass is 254 g/mol. The topological polar surface area (TPSA) is 40.6 Å². The minimum Gasteiger partial charge on any atom is -0.341 e. The van der Waals surface area contributed by atoms with Crippen LogP contribution < -0.4 is 0 Å². The number of likely N-dealkylation sites (tertiary alicyclic amines) is 1. The van der Waals surface area contributed by atoms with Crippen molar-refractivity contribution in [1.82, 2.24) is 9.80 Å². The third kappa shape index (κ3) is 4.31. The average molecular weight is 254 g/mol. The maximum absolute atomic E-state index is 12.2. The lowest BCUT2D eigenvalue weighted by Gasteiger charge is -2.30. The van der Waals surface area contributed by atoms with E-state index in [1.807, 2.05) is 18.7 Å². The molecule has 1 aliphatic heterocycles. The van der Waals surface area contributed by atoms with Gasteiger partial charge in [-0.25, -0.2) is 0 Å². The van der Waals surface area contributed by atoms with Crippen molar-refractivity contribution >= 4 is 11.8 Å². The highest BCUT2D eigenvalue weighted by molar-refractivity contribution is 5.84. The van der Waals surface area contributed by atoms with E-state index in [-0.39, 0.29) is 24.4 Å². The van der Waals surface area contributed by atoms with E-state index in [0.29, 0.717) is 0 Å². The predicted octanol–water partition coefficient (Wildman–Crippen LogP) is 2.04. The van der Waals surface area contributed by atoms with Crippen LogP contribution in [0.15, 0.2) is 0 Å². The Morgan fingerprint density at radius 1 is 1.17 bits per heavy atom. The number of hydrogen-bond donors (Lipinski definition) is 0. The van der Waals surface area contributed by atoms with Gasteiger partial charge in [-0.2, -0.15) is 0 Å². The average Bonchev–Trinajstić information content (AvgIpc) is 2.63. The summed E-state index contributed by atoms with van der Waals surface area (Å²) >= 11 is 0. The summed E-state index contributed by atoms with van der Waals surface area (Å²) in [5, 5.41) is 0. The third-order valence-electron chi connectivity index (χ3n) is 3.79. The molecule has 4 nitrogen and oxygen atoms in total. The first-order valence-electron chi connectivity index (χ1n) is 7.11. The first kappa shape index (κ1) is 15.0. The van der Waals surface area contributed by atoms with Crippen molar-refractivity contribution in [2.45, 2.75) is 58.9 Å². The minimum atomic E-state index is -0.00692. The van der Waals surface area contributed by atoms with Gasteiger partial charge in [0.05, 0.1) is 6.54 Å². The largest absolute Gasteiger partial charge is 0.341 e. The molecular weight excluding hydrogens is 228 g/mol. The molecule has 2 amide bonds. The van der Waals surface area contributed by atoms with Crippen LogP contribution in [0, 0.1) is 0 Å². The van der Waals surface area contributed by atoms with Crippen molar-refractivity contribution in [1.29, 1.82) is 0 Å². The van der Waals surface area contributed by atoms with Gasteiger partial charge in [0.25, 0.3) is 0 Å². The summed E-state index contributed by atoms with van der Waals surface area (Å²) in [6.07, 6.45) is 5.49. The molecular formula is C14H26N2O2. The Morgan fingerprint density at radius 3 is 2.17 bits per heavy atom. The molecule has 0 radical (unpaired) electrons. The zero-order valence-corrected chi connectivity index (χ0v) is 11.9. The molecule has 1 atom stereocenters. The molecule has 0 aromatic heterocycles. The molecule has 1 heterocycles. The van der Waals surface area contributed by atoms with Gasteiger partial charge in [0.1, 0.15) is 0 Å². The third-order valence-corrected chi connectivity index (χ3v) is 3.79. The standard InChI is InChI=1S/C14H26N2O2/c1-4-12(2)16(13(3)17)11-14(18)15-9-7-5-6-8-10-15/h12H,4-11H2,1-3H3. The van der Waals surface area contributed by atoms with Crippen LogP contribution in [-0.2, 0) is 9.59 Å². The molecule has 1 aliphatic rings. The Hall–Kier alpha value is -1.06. The number of hydrogen-bond acceptors (Lipinski definition) is 2. The fraction of sp³-hybridized carbons (Fsp3) is 0.857. The Balaban J connectivity index is 2.56. The smallest absolute Gasteiger partial charge is 0.242 e. The van der Waals surface area contributed by atoms with E-state index >= 15 is 0 Å². The lowest BCUT2D eigenvalue weighted by atomic mass is 10.2. The molecule has 0 aromatic rings. The lowest BCUT2D eigenvalue weighted by molar-refractivity contribution is -0.141. The van der Waals surface area contributed by atoms with Crippen molar-refractivity contribution in [2.24, 2.45) is 0 Å². The molecule has 0 aromatic carbocycles. The van der Waals surface area contributed by atoms with Gasteiger partial charge in [0.15, 0.2) is 0 Å². The first-order chi connectivity index (χ1) is 8.56. The van der Waals surface area contributed by atoms with Crippen molar-refractivity contribution in [2.75, 3.05) is 19.6 Å². The molecule has 18 heavy (non-hydrogen) atoms. The minimum absolute atomic E-state index is 0.00692. The molecule has 4 heteroatoms. The van der Waals surface area contributed by atoms with Gasteiger partial charge < -0.3 is 9.80 Å². The summed E-state index contributed by atoms with van der Waals surface area (Å²) in [6.45, 7) is 7.52. The van der Waals surface area contributed by atoms with Crippen LogP contribution in [0.3, 0.4) is 0 Å². The van der Waals surface area contributed by atoms with E-state index in [2.05, 4.69) is 0 Å². The highest BCUT2D eigenvalue weighted by Crippen LogP contribution is 2.11. The summed E-state index contributed by atoms with van der Waals surface area (Å²) in [5.74, 6) is 0.0971. The number of carbonyl (C=O) groups is 2. The fourth-order valence-corrected chi connectivity index (χ4v) is 2.36. The van der Waals surface area contributed by atoms with E-state index in [1.54, 1.807) is 11.8 Å². The van der Waals surface area contributed by atoms with Crippen molar-refractivity contribution < 1.29 is 9.59 Å². The van der Waals surface area contributed by atoms with Gasteiger partial charge in [-0.1, -0.05) is 19.8 Å². The van der Waals surface area contributed by atoms with Crippen LogP contribution in [0.2, 0.25) is 0 Å². The molecule has 1 unspecified atom stereocenters. The molecule has 104 valence electrons. The van der Waals surface area contributed by atoms with Crippen molar-refractivity contribution in [3.05, 3.63) is 0 Å². The molecule has 0 N–H and O–H groups in total. The summed E-state index contributed by atoms with van der Waals surface area (Å²) in [6, 6.07) is 0.137. The second-order valence-corrected chi connectivity index (χ2v) is 5.20. The molecule has 1 fully saturated rings. The molecule has 1 rings (SSSR count). The zero-order chi connectivity index (χ0) is 13.5. The van der Waals surface area contributed by atoms with Gasteiger partial charge in [0.2, 0.25) is 11.8 Å². The Morgan fingerprint density at radius 2 is 1.72 bits per heavy atom. The number of amides is 2. The van der Waals surface area contributed by atoms with Crippen molar-refractivity contribution in [3.63, 3.8) is 0 Å². The second kappa shape index (κ2) is 7.39. The fourth-order valence-electron chi connectivity index (χ4n) is 2.36. The van der Waals surface area contributed by atoms with E-state index < -0.39 is 0 Å². The quantitative estimate of drug-likeness (QED) is 0.770. The summed E-state index contributed by atoms with van der Waals surface area (Å²) in [7, 11) is 0. The molecule has 0 aliphatic carbocycles. The molecule has 0 saturated carbocycles. The van der Waals surface area contributed by atoms with Crippen LogP contribution >= 0.6 is 0 Å². The highest BCUT2D eigenvalue weighted by Gasteiger charge is 2.22. The van der Waals surface area contributed by atoms with Crippen LogP contribution in [0.5, 0.6) is 0 Å². The summed E-state index contributed by atoms with van der Waals surface area (Å²) in [4.78, 5) is 27.4. The van der Waals surface area contributed by atoms with Crippen LogP contribution in [0.4, 0.5) is 0 Å². The van der Waals surface area contributed by atoms with Crippen LogP contribution in [0.1, 0.15) is 52.9 Å².